The summed E-state index contributed by atoms with van der Waals surface area (Å²) >= 11 is 0. The Morgan fingerprint density at radius 3 is 2.68 bits per heavy atom. The summed E-state index contributed by atoms with van der Waals surface area (Å²) in [5, 5.41) is 0.799. The molecule has 3 aromatic rings. The summed E-state index contributed by atoms with van der Waals surface area (Å²) in [6, 6.07) is 6.64. The van der Waals surface area contributed by atoms with Gasteiger partial charge in [0.25, 0.3) is 5.91 Å². The summed E-state index contributed by atoms with van der Waals surface area (Å²) in [7, 11) is 0. The van der Waals surface area contributed by atoms with Crippen LogP contribution in [-0.4, -0.2) is 40.0 Å². The van der Waals surface area contributed by atoms with Crippen LogP contribution < -0.4 is 5.73 Å². The van der Waals surface area contributed by atoms with Gasteiger partial charge in [0.05, 0.1) is 43.5 Å². The molecular weight excluding hydrogens is 449 g/mol. The van der Waals surface area contributed by atoms with E-state index >= 15 is 0 Å². The number of nitrogen functional groups attached to an aromatic ring is 1. The Labute approximate surface area is 193 Å². The van der Waals surface area contributed by atoms with Gasteiger partial charge in [-0.05, 0) is 49.2 Å². The highest BCUT2D eigenvalue weighted by Gasteiger charge is 2.36. The van der Waals surface area contributed by atoms with E-state index in [0.717, 1.165) is 28.8 Å². The Morgan fingerprint density at radius 1 is 1.18 bits per heavy atom. The van der Waals surface area contributed by atoms with Crippen molar-refractivity contribution in [1.82, 2.24) is 14.9 Å². The van der Waals surface area contributed by atoms with E-state index in [-0.39, 0.29) is 24.7 Å². The number of rotatable bonds is 2. The molecule has 2 aromatic heterocycles. The number of pyridine rings is 2. The van der Waals surface area contributed by atoms with Crippen molar-refractivity contribution >= 4 is 22.6 Å². The molecule has 1 fully saturated rings. The number of aromatic nitrogens is 2. The van der Waals surface area contributed by atoms with Gasteiger partial charge in [0.1, 0.15) is 11.5 Å². The number of carbonyl (C=O) groups excluding carboxylic acids is 1. The third kappa shape index (κ3) is 3.76. The fourth-order valence-electron chi connectivity index (χ4n) is 4.73. The van der Waals surface area contributed by atoms with Gasteiger partial charge in [-0.15, -0.1) is 0 Å². The molecule has 2 aliphatic heterocycles. The molecular formula is C24H23F3N4O3. The van der Waals surface area contributed by atoms with E-state index in [1.165, 1.54) is 6.07 Å². The van der Waals surface area contributed by atoms with E-state index < -0.39 is 17.9 Å². The van der Waals surface area contributed by atoms with Gasteiger partial charge in [0.2, 0.25) is 0 Å². The first-order valence-electron chi connectivity index (χ1n) is 10.9. The molecule has 34 heavy (non-hydrogen) atoms. The number of ether oxygens (including phenoxy) is 2. The summed E-state index contributed by atoms with van der Waals surface area (Å²) in [4.78, 5) is 23.4. The molecule has 10 heteroatoms. The molecule has 4 heterocycles. The normalized spacial score (nSPS) is 22.7. The molecule has 5 rings (SSSR count). The van der Waals surface area contributed by atoms with Crippen molar-refractivity contribution in [1.29, 1.82) is 0 Å². The zero-order valence-corrected chi connectivity index (χ0v) is 18.6. The molecule has 178 valence electrons. The Kier molecular flexibility index (Phi) is 5.44. The minimum absolute atomic E-state index is 0.162. The highest BCUT2D eigenvalue weighted by Crippen LogP contribution is 2.39. The van der Waals surface area contributed by atoms with Gasteiger partial charge in [0, 0.05) is 22.7 Å². The van der Waals surface area contributed by atoms with Crippen molar-refractivity contribution in [2.45, 2.75) is 44.8 Å². The molecule has 0 aliphatic carbocycles. The number of amides is 1. The average Bonchev–Trinajstić information content (AvgIpc) is 3.20. The van der Waals surface area contributed by atoms with Gasteiger partial charge in [-0.2, -0.15) is 13.2 Å². The largest absolute Gasteiger partial charge is 0.433 e. The molecule has 1 aromatic carbocycles. The van der Waals surface area contributed by atoms with Crippen molar-refractivity contribution in [3.63, 3.8) is 0 Å². The molecule has 1 saturated heterocycles. The maximum absolute atomic E-state index is 13.7. The number of nitrogens with two attached hydrogens (primary N) is 1. The van der Waals surface area contributed by atoms with Crippen LogP contribution in [0.1, 0.15) is 58.7 Å². The number of nitrogens with zero attached hydrogens (tertiary/aromatic N) is 3. The van der Waals surface area contributed by atoms with Crippen LogP contribution in [0.5, 0.6) is 0 Å². The molecule has 0 spiro atoms. The van der Waals surface area contributed by atoms with Crippen LogP contribution >= 0.6 is 0 Å². The van der Waals surface area contributed by atoms with Gasteiger partial charge in [0.15, 0.2) is 0 Å². The zero-order chi connectivity index (χ0) is 24.2. The molecule has 0 radical (unpaired) electrons. The molecule has 2 aliphatic rings. The topological polar surface area (TPSA) is 90.6 Å². The van der Waals surface area contributed by atoms with Crippen LogP contribution in [0.25, 0.3) is 10.9 Å². The predicted molar refractivity (Wildman–Crippen MR) is 118 cm³/mol. The van der Waals surface area contributed by atoms with Crippen molar-refractivity contribution in [3.8, 4) is 0 Å². The fraction of sp³-hybridized carbons (Fsp3) is 0.375. The first-order chi connectivity index (χ1) is 16.1. The van der Waals surface area contributed by atoms with Crippen LogP contribution in [0.4, 0.5) is 19.0 Å². The molecule has 1 amide bonds. The molecule has 0 bridgehead atoms. The Hall–Kier alpha value is -3.24. The Balaban J connectivity index is 1.52. The van der Waals surface area contributed by atoms with E-state index in [1.807, 2.05) is 13.8 Å². The minimum Gasteiger partial charge on any atom is -0.383 e. The SMILES string of the molecule is C[C@H]1OCc2c1c(N)nc1ccc(C(=O)N3[C@@H](C)COC[C@H]3c3ccc(C(F)(F)F)nc3)cc21. The fourth-order valence-corrected chi connectivity index (χ4v) is 4.73. The number of carbonyl (C=O) groups is 1. The van der Waals surface area contributed by atoms with Gasteiger partial charge < -0.3 is 20.1 Å². The van der Waals surface area contributed by atoms with Crippen LogP contribution in [0.2, 0.25) is 0 Å². The Bertz CT molecular complexity index is 1260. The second-order valence-corrected chi connectivity index (χ2v) is 8.66. The summed E-state index contributed by atoms with van der Waals surface area (Å²) in [6.45, 7) is 4.62. The summed E-state index contributed by atoms with van der Waals surface area (Å²) in [5.74, 6) is 0.170. The standard InChI is InChI=1S/C24H23F3N4O3/c1-12-9-33-11-19(15-4-6-20(29-8-15)24(25,26)27)31(12)23(32)14-3-5-18-16(7-14)17-10-34-13(2)21(17)22(28)30-18/h3-8,12-13,19H,9-11H2,1-2H3,(H2,28,30)/t12-,13+,19-/m0/s1. The first-order valence-corrected chi connectivity index (χ1v) is 10.9. The average molecular weight is 472 g/mol. The molecule has 0 unspecified atom stereocenters. The lowest BCUT2D eigenvalue weighted by Gasteiger charge is -2.40. The van der Waals surface area contributed by atoms with Crippen molar-refractivity contribution in [2.24, 2.45) is 0 Å². The number of anilines is 1. The summed E-state index contributed by atoms with van der Waals surface area (Å²) < 4.78 is 50.2. The smallest absolute Gasteiger partial charge is 0.383 e. The summed E-state index contributed by atoms with van der Waals surface area (Å²) in [5.41, 5.74) is 8.49. The number of benzene rings is 1. The molecule has 7 nitrogen and oxygen atoms in total. The second-order valence-electron chi connectivity index (χ2n) is 8.66. The van der Waals surface area contributed by atoms with Crippen molar-refractivity contribution in [3.05, 3.63) is 64.5 Å². The number of hydrogen-bond donors (Lipinski definition) is 1. The third-order valence-electron chi connectivity index (χ3n) is 6.44. The minimum atomic E-state index is -4.53. The number of fused-ring (bicyclic) bond motifs is 3. The second kappa shape index (κ2) is 8.21. The van der Waals surface area contributed by atoms with Crippen molar-refractivity contribution in [2.75, 3.05) is 18.9 Å². The lowest BCUT2D eigenvalue weighted by molar-refractivity contribution is -0.141. The van der Waals surface area contributed by atoms with Gasteiger partial charge in [-0.3, -0.25) is 9.78 Å². The third-order valence-corrected chi connectivity index (χ3v) is 6.44. The number of alkyl halides is 3. The van der Waals surface area contributed by atoms with Crippen molar-refractivity contribution < 1.29 is 27.4 Å². The monoisotopic (exact) mass is 472 g/mol. The maximum Gasteiger partial charge on any atom is 0.433 e. The van der Waals surface area contributed by atoms with Crippen LogP contribution in [0, 0.1) is 0 Å². The predicted octanol–water partition coefficient (Wildman–Crippen LogP) is 4.42. The molecule has 0 saturated carbocycles. The van der Waals surface area contributed by atoms with E-state index in [1.54, 1.807) is 23.1 Å². The van der Waals surface area contributed by atoms with Gasteiger partial charge >= 0.3 is 6.18 Å². The highest BCUT2D eigenvalue weighted by molar-refractivity contribution is 5.99. The van der Waals surface area contributed by atoms with Gasteiger partial charge in [-0.25, -0.2) is 4.98 Å². The van der Waals surface area contributed by atoms with E-state index in [9.17, 15) is 18.0 Å². The quantitative estimate of drug-likeness (QED) is 0.594. The lowest BCUT2D eigenvalue weighted by Crippen LogP contribution is -2.49. The lowest BCUT2D eigenvalue weighted by atomic mass is 9.98. The van der Waals surface area contributed by atoms with E-state index in [0.29, 0.717) is 35.7 Å². The van der Waals surface area contributed by atoms with Gasteiger partial charge in [-0.1, -0.05) is 6.07 Å². The van der Waals surface area contributed by atoms with E-state index in [2.05, 4.69) is 9.97 Å². The highest BCUT2D eigenvalue weighted by atomic mass is 19.4. The molecule has 2 N–H and O–H groups in total. The Morgan fingerprint density at radius 2 is 1.97 bits per heavy atom. The zero-order valence-electron chi connectivity index (χ0n) is 18.6. The summed E-state index contributed by atoms with van der Waals surface area (Å²) in [6.07, 6.45) is -3.55. The van der Waals surface area contributed by atoms with E-state index in [4.69, 9.17) is 15.2 Å². The van der Waals surface area contributed by atoms with Crippen LogP contribution in [-0.2, 0) is 22.3 Å². The number of halogens is 3. The maximum atomic E-state index is 13.7. The number of morpholine rings is 1. The van der Waals surface area contributed by atoms with Crippen LogP contribution in [0.3, 0.4) is 0 Å². The molecule has 3 atom stereocenters. The number of hydrogen-bond acceptors (Lipinski definition) is 6. The first kappa shape index (κ1) is 22.5. The van der Waals surface area contributed by atoms with Crippen LogP contribution in [0.15, 0.2) is 36.5 Å².